The summed E-state index contributed by atoms with van der Waals surface area (Å²) in [5.74, 6) is 1.18. The highest BCUT2D eigenvalue weighted by Gasteiger charge is 2.31. The summed E-state index contributed by atoms with van der Waals surface area (Å²) < 4.78 is 0. The molecule has 1 heterocycles. The monoisotopic (exact) mass is 397 g/mol. The normalized spacial score (nSPS) is 15.9. The second-order valence-electron chi connectivity index (χ2n) is 8.83. The minimum atomic E-state index is 0.142. The lowest BCUT2D eigenvalue weighted by atomic mass is 9.79. The van der Waals surface area contributed by atoms with Crippen molar-refractivity contribution in [1.82, 2.24) is 0 Å². The Bertz CT molecular complexity index is 1010. The van der Waals surface area contributed by atoms with Gasteiger partial charge in [0, 0.05) is 13.5 Å². The van der Waals surface area contributed by atoms with Gasteiger partial charge in [-0.1, -0.05) is 86.6 Å². The molecule has 2 nitrogen and oxygen atoms in total. The molecule has 3 aromatic rings. The molecule has 1 atom stereocenters. The Morgan fingerprint density at radius 1 is 0.900 bits per heavy atom. The van der Waals surface area contributed by atoms with Gasteiger partial charge in [-0.15, -0.1) is 0 Å². The van der Waals surface area contributed by atoms with Crippen LogP contribution >= 0.6 is 0 Å². The number of carbonyl (C=O) groups excluding carboxylic acids is 1. The van der Waals surface area contributed by atoms with Crippen LogP contribution in [0.1, 0.15) is 60.9 Å². The van der Waals surface area contributed by atoms with Gasteiger partial charge in [0.1, 0.15) is 0 Å². The molecular formula is C28H31NO. The maximum Gasteiger partial charge on any atom is 0.223 e. The SMILES string of the molecule is CC(=O)N1CCC(C(C)C)c2cc(Cc3ccccc3)cc(Cc3ccccc3)c21. The van der Waals surface area contributed by atoms with Gasteiger partial charge in [-0.3, -0.25) is 4.79 Å². The summed E-state index contributed by atoms with van der Waals surface area (Å²) in [6, 6.07) is 26.0. The number of carbonyl (C=O) groups is 1. The van der Waals surface area contributed by atoms with Crippen molar-refractivity contribution in [2.45, 2.75) is 46.0 Å². The average Bonchev–Trinajstić information content (AvgIpc) is 2.74. The lowest BCUT2D eigenvalue weighted by Crippen LogP contribution is -2.37. The Kier molecular flexibility index (Phi) is 6.03. The zero-order chi connectivity index (χ0) is 21.1. The van der Waals surface area contributed by atoms with E-state index in [4.69, 9.17) is 0 Å². The largest absolute Gasteiger partial charge is 0.312 e. The summed E-state index contributed by atoms with van der Waals surface area (Å²) in [6.07, 6.45) is 2.80. The fraction of sp³-hybridized carbons (Fsp3) is 0.321. The first-order valence-electron chi connectivity index (χ1n) is 11.0. The van der Waals surface area contributed by atoms with Crippen LogP contribution < -0.4 is 4.90 Å². The molecule has 1 aliphatic heterocycles. The number of anilines is 1. The average molecular weight is 398 g/mol. The number of rotatable bonds is 5. The maximum atomic E-state index is 12.5. The van der Waals surface area contributed by atoms with E-state index in [-0.39, 0.29) is 5.91 Å². The van der Waals surface area contributed by atoms with Gasteiger partial charge in [-0.2, -0.15) is 0 Å². The number of benzene rings is 3. The quantitative estimate of drug-likeness (QED) is 0.490. The second kappa shape index (κ2) is 8.87. The summed E-state index contributed by atoms with van der Waals surface area (Å²) in [4.78, 5) is 14.6. The molecule has 30 heavy (non-hydrogen) atoms. The Hall–Kier alpha value is -2.87. The minimum absolute atomic E-state index is 0.142. The predicted octanol–water partition coefficient (Wildman–Crippen LogP) is 6.36. The molecule has 3 aromatic carbocycles. The fourth-order valence-corrected chi connectivity index (χ4v) is 4.83. The van der Waals surface area contributed by atoms with E-state index in [2.05, 4.69) is 86.6 Å². The first-order chi connectivity index (χ1) is 14.5. The van der Waals surface area contributed by atoms with Gasteiger partial charge in [-0.05, 0) is 58.9 Å². The molecule has 0 aliphatic carbocycles. The van der Waals surface area contributed by atoms with Crippen molar-refractivity contribution in [1.29, 1.82) is 0 Å². The van der Waals surface area contributed by atoms with E-state index in [9.17, 15) is 4.79 Å². The van der Waals surface area contributed by atoms with Gasteiger partial charge in [-0.25, -0.2) is 0 Å². The van der Waals surface area contributed by atoms with Crippen molar-refractivity contribution < 1.29 is 4.79 Å². The van der Waals surface area contributed by atoms with Crippen LogP contribution in [-0.4, -0.2) is 12.5 Å². The number of hydrogen-bond donors (Lipinski definition) is 0. The van der Waals surface area contributed by atoms with Crippen LogP contribution in [0, 0.1) is 5.92 Å². The van der Waals surface area contributed by atoms with Crippen molar-refractivity contribution in [3.05, 3.63) is 101 Å². The molecule has 2 heteroatoms. The Labute approximate surface area is 180 Å². The van der Waals surface area contributed by atoms with Crippen molar-refractivity contribution in [2.75, 3.05) is 11.4 Å². The van der Waals surface area contributed by atoms with Gasteiger partial charge >= 0.3 is 0 Å². The van der Waals surface area contributed by atoms with Crippen LogP contribution in [0.2, 0.25) is 0 Å². The first kappa shape index (κ1) is 20.4. The maximum absolute atomic E-state index is 12.5. The third-order valence-corrected chi connectivity index (χ3v) is 6.28. The van der Waals surface area contributed by atoms with Crippen molar-refractivity contribution in [2.24, 2.45) is 5.92 Å². The molecule has 1 unspecified atom stereocenters. The lowest BCUT2D eigenvalue weighted by molar-refractivity contribution is -0.116. The topological polar surface area (TPSA) is 20.3 Å². The van der Waals surface area contributed by atoms with E-state index >= 15 is 0 Å². The smallest absolute Gasteiger partial charge is 0.223 e. The molecule has 0 saturated heterocycles. The molecule has 1 aliphatic rings. The molecule has 0 bridgehead atoms. The van der Waals surface area contributed by atoms with Crippen molar-refractivity contribution >= 4 is 11.6 Å². The summed E-state index contributed by atoms with van der Waals surface area (Å²) in [7, 11) is 0. The van der Waals surface area contributed by atoms with Crippen LogP contribution in [0.25, 0.3) is 0 Å². The molecular weight excluding hydrogens is 366 g/mol. The molecule has 0 radical (unpaired) electrons. The minimum Gasteiger partial charge on any atom is -0.312 e. The number of hydrogen-bond acceptors (Lipinski definition) is 1. The van der Waals surface area contributed by atoms with E-state index in [1.54, 1.807) is 6.92 Å². The van der Waals surface area contributed by atoms with Crippen LogP contribution in [0.5, 0.6) is 0 Å². The van der Waals surface area contributed by atoms with E-state index in [0.717, 1.165) is 31.5 Å². The number of fused-ring (bicyclic) bond motifs is 1. The van der Waals surface area contributed by atoms with E-state index in [1.165, 1.54) is 27.8 Å². The van der Waals surface area contributed by atoms with Crippen molar-refractivity contribution in [3.63, 3.8) is 0 Å². The molecule has 154 valence electrons. The molecule has 0 aromatic heterocycles. The lowest BCUT2D eigenvalue weighted by Gasteiger charge is -2.38. The number of amides is 1. The van der Waals surface area contributed by atoms with Crippen LogP contribution in [0.4, 0.5) is 5.69 Å². The van der Waals surface area contributed by atoms with Crippen molar-refractivity contribution in [3.8, 4) is 0 Å². The first-order valence-corrected chi connectivity index (χ1v) is 11.0. The fourth-order valence-electron chi connectivity index (χ4n) is 4.83. The van der Waals surface area contributed by atoms with E-state index < -0.39 is 0 Å². The van der Waals surface area contributed by atoms with Crippen LogP contribution in [0.15, 0.2) is 72.8 Å². The summed E-state index contributed by atoms with van der Waals surface area (Å²) in [6.45, 7) is 7.12. The Morgan fingerprint density at radius 3 is 2.07 bits per heavy atom. The summed E-state index contributed by atoms with van der Waals surface area (Å²) >= 11 is 0. The highest BCUT2D eigenvalue weighted by Crippen LogP contribution is 2.43. The number of nitrogens with zero attached hydrogens (tertiary/aromatic N) is 1. The van der Waals surface area contributed by atoms with E-state index in [0.29, 0.717) is 11.8 Å². The second-order valence-corrected chi connectivity index (χ2v) is 8.83. The van der Waals surface area contributed by atoms with Crippen LogP contribution in [0.3, 0.4) is 0 Å². The standard InChI is InChI=1S/C28H31NO/c1-20(2)26-14-15-29(21(3)30)28-25(17-23-12-8-5-9-13-23)18-24(19-27(26)28)16-22-10-6-4-7-11-22/h4-13,18-20,26H,14-17H2,1-3H3. The van der Waals surface area contributed by atoms with Gasteiger partial charge in [0.2, 0.25) is 5.91 Å². The third-order valence-electron chi connectivity index (χ3n) is 6.28. The summed E-state index contributed by atoms with van der Waals surface area (Å²) in [5, 5.41) is 0. The predicted molar refractivity (Wildman–Crippen MR) is 125 cm³/mol. The molecule has 0 spiro atoms. The highest BCUT2D eigenvalue weighted by atomic mass is 16.2. The third kappa shape index (κ3) is 4.33. The summed E-state index contributed by atoms with van der Waals surface area (Å²) in [5.41, 5.74) is 7.72. The molecule has 0 saturated carbocycles. The zero-order valence-electron chi connectivity index (χ0n) is 18.3. The van der Waals surface area contributed by atoms with Crippen LogP contribution in [-0.2, 0) is 17.6 Å². The molecule has 4 rings (SSSR count). The van der Waals surface area contributed by atoms with E-state index in [1.807, 2.05) is 4.90 Å². The molecule has 0 N–H and O–H groups in total. The highest BCUT2D eigenvalue weighted by molar-refractivity contribution is 5.94. The Balaban J connectivity index is 1.85. The van der Waals surface area contributed by atoms with Gasteiger partial charge in [0.15, 0.2) is 0 Å². The van der Waals surface area contributed by atoms with Gasteiger partial charge < -0.3 is 4.90 Å². The Morgan fingerprint density at radius 2 is 1.50 bits per heavy atom. The zero-order valence-corrected chi connectivity index (χ0v) is 18.3. The van der Waals surface area contributed by atoms with Gasteiger partial charge in [0.25, 0.3) is 0 Å². The molecule has 1 amide bonds. The molecule has 0 fully saturated rings. The van der Waals surface area contributed by atoms with Gasteiger partial charge in [0.05, 0.1) is 5.69 Å².